The van der Waals surface area contributed by atoms with Crippen molar-refractivity contribution >= 4 is 23.3 Å². The van der Waals surface area contributed by atoms with Crippen molar-refractivity contribution in [3.8, 4) is 17.2 Å². The Labute approximate surface area is 253 Å². The van der Waals surface area contributed by atoms with E-state index in [-0.39, 0.29) is 31.1 Å². The number of ether oxygens (including phenoxy) is 1. The number of alkyl halides is 3. The normalized spacial score (nSPS) is 16.1. The first kappa shape index (κ1) is 31.8. The summed E-state index contributed by atoms with van der Waals surface area (Å²) in [6, 6.07) is 10.3. The Kier molecular flexibility index (Phi) is 9.06. The SMILES string of the molecule is CCn1cc(-c2ccccc2[C@@H]2CN(C(=O)/C=C/C(C)N(C)C(=O)OC(C)(C)C)Cc3sc(C#N)cc32)c(C(F)(F)F)n1. The first-order chi connectivity index (χ1) is 20.1. The first-order valence-electron chi connectivity index (χ1n) is 13.8. The van der Waals surface area contributed by atoms with Crippen LogP contribution in [0.15, 0.2) is 48.7 Å². The fourth-order valence-electron chi connectivity index (χ4n) is 4.90. The van der Waals surface area contributed by atoms with Crippen LogP contribution >= 0.6 is 11.3 Å². The number of amides is 2. The topological polar surface area (TPSA) is 91.5 Å². The maximum absolute atomic E-state index is 14.0. The van der Waals surface area contributed by atoms with Gasteiger partial charge >= 0.3 is 12.3 Å². The summed E-state index contributed by atoms with van der Waals surface area (Å²) >= 11 is 1.27. The van der Waals surface area contributed by atoms with E-state index in [9.17, 15) is 28.0 Å². The van der Waals surface area contributed by atoms with Crippen molar-refractivity contribution in [2.75, 3.05) is 13.6 Å². The molecule has 3 aromatic rings. The molecule has 0 bridgehead atoms. The largest absolute Gasteiger partial charge is 0.444 e. The van der Waals surface area contributed by atoms with Crippen molar-refractivity contribution < 1.29 is 27.5 Å². The van der Waals surface area contributed by atoms with Gasteiger partial charge in [0, 0.05) is 48.8 Å². The average Bonchev–Trinajstić information content (AvgIpc) is 3.58. The lowest BCUT2D eigenvalue weighted by molar-refractivity contribution is -0.141. The van der Waals surface area contributed by atoms with Crippen LogP contribution in [0, 0.1) is 11.3 Å². The van der Waals surface area contributed by atoms with Crippen LogP contribution in [0.2, 0.25) is 0 Å². The number of aromatic nitrogens is 2. The summed E-state index contributed by atoms with van der Waals surface area (Å²) in [5, 5.41) is 13.4. The predicted octanol–water partition coefficient (Wildman–Crippen LogP) is 6.81. The maximum Gasteiger partial charge on any atom is 0.435 e. The molecule has 2 aromatic heterocycles. The van der Waals surface area contributed by atoms with Crippen LogP contribution in [0.3, 0.4) is 0 Å². The summed E-state index contributed by atoms with van der Waals surface area (Å²) in [7, 11) is 1.58. The van der Waals surface area contributed by atoms with Crippen LogP contribution in [0.4, 0.5) is 18.0 Å². The van der Waals surface area contributed by atoms with E-state index in [1.807, 2.05) is 0 Å². The highest BCUT2D eigenvalue weighted by Crippen LogP contribution is 2.44. The minimum absolute atomic E-state index is 0.0374. The number of rotatable bonds is 6. The van der Waals surface area contributed by atoms with Crippen molar-refractivity contribution in [3.63, 3.8) is 0 Å². The molecule has 1 aromatic carbocycles. The van der Waals surface area contributed by atoms with Crippen molar-refractivity contribution in [1.29, 1.82) is 5.26 Å². The Balaban J connectivity index is 1.69. The molecule has 43 heavy (non-hydrogen) atoms. The van der Waals surface area contributed by atoms with Crippen LogP contribution < -0.4 is 0 Å². The summed E-state index contributed by atoms with van der Waals surface area (Å²) < 4.78 is 48.8. The third-order valence-corrected chi connectivity index (χ3v) is 8.21. The molecular formula is C31H34F3N5O3S. The van der Waals surface area contributed by atoms with Gasteiger partial charge in [-0.05, 0) is 57.4 Å². The number of aryl methyl sites for hydroxylation is 1. The van der Waals surface area contributed by atoms with Crippen LogP contribution in [-0.4, -0.2) is 56.8 Å². The van der Waals surface area contributed by atoms with E-state index < -0.39 is 35.5 Å². The van der Waals surface area contributed by atoms with E-state index in [0.29, 0.717) is 16.0 Å². The summed E-state index contributed by atoms with van der Waals surface area (Å²) in [6.45, 7) is 9.49. The fourth-order valence-corrected chi connectivity index (χ4v) is 5.94. The second-order valence-electron chi connectivity index (χ2n) is 11.4. The van der Waals surface area contributed by atoms with Crippen LogP contribution in [0.1, 0.15) is 67.1 Å². The Bertz CT molecular complexity index is 1580. The van der Waals surface area contributed by atoms with Crippen LogP contribution in [-0.2, 0) is 28.8 Å². The van der Waals surface area contributed by atoms with Gasteiger partial charge < -0.3 is 14.5 Å². The summed E-state index contributed by atoms with van der Waals surface area (Å²) in [6.07, 6.45) is -0.788. The molecule has 0 radical (unpaired) electrons. The molecule has 1 unspecified atom stereocenters. The number of hydrogen-bond donors (Lipinski definition) is 0. The molecule has 1 aliphatic rings. The Hall–Kier alpha value is -4.11. The molecule has 0 saturated carbocycles. The van der Waals surface area contributed by atoms with E-state index in [4.69, 9.17) is 4.74 Å². The smallest absolute Gasteiger partial charge is 0.435 e. The predicted molar refractivity (Wildman–Crippen MR) is 157 cm³/mol. The minimum atomic E-state index is -4.66. The number of nitriles is 1. The highest BCUT2D eigenvalue weighted by molar-refractivity contribution is 7.12. The molecule has 228 valence electrons. The number of carbonyl (C=O) groups excluding carboxylic acids is 2. The molecule has 0 aliphatic carbocycles. The zero-order chi connectivity index (χ0) is 31.7. The number of halogens is 3. The molecule has 8 nitrogen and oxygen atoms in total. The van der Waals surface area contributed by atoms with E-state index >= 15 is 0 Å². The zero-order valence-corrected chi connectivity index (χ0v) is 25.7. The number of thiophene rings is 1. The first-order valence-corrected chi connectivity index (χ1v) is 14.6. The monoisotopic (exact) mass is 613 g/mol. The number of benzene rings is 1. The van der Waals surface area contributed by atoms with Crippen LogP contribution in [0.25, 0.3) is 11.1 Å². The molecule has 0 fully saturated rings. The quantitative estimate of drug-likeness (QED) is 0.285. The molecular weight excluding hydrogens is 579 g/mol. The van der Waals surface area contributed by atoms with E-state index in [1.165, 1.54) is 33.2 Å². The number of fused-ring (bicyclic) bond motifs is 1. The van der Waals surface area contributed by atoms with Crippen molar-refractivity contribution in [2.45, 2.75) is 71.4 Å². The van der Waals surface area contributed by atoms with Gasteiger partial charge in [-0.15, -0.1) is 11.3 Å². The zero-order valence-electron chi connectivity index (χ0n) is 24.9. The van der Waals surface area contributed by atoms with Crippen LogP contribution in [0.5, 0.6) is 0 Å². The van der Waals surface area contributed by atoms with Gasteiger partial charge in [0.15, 0.2) is 5.69 Å². The Morgan fingerprint density at radius 2 is 1.93 bits per heavy atom. The van der Waals surface area contributed by atoms with E-state index in [0.717, 1.165) is 10.4 Å². The van der Waals surface area contributed by atoms with E-state index in [2.05, 4.69) is 11.2 Å². The van der Waals surface area contributed by atoms with Crippen molar-refractivity contribution in [2.24, 2.45) is 0 Å². The summed E-state index contributed by atoms with van der Waals surface area (Å²) in [4.78, 5) is 30.1. The highest BCUT2D eigenvalue weighted by Gasteiger charge is 2.39. The molecule has 12 heteroatoms. The second-order valence-corrected chi connectivity index (χ2v) is 12.5. The fraction of sp³-hybridized carbons (Fsp3) is 0.419. The lowest BCUT2D eigenvalue weighted by Crippen LogP contribution is -2.39. The molecule has 2 atom stereocenters. The van der Waals surface area contributed by atoms with Gasteiger partial charge in [0.1, 0.15) is 16.5 Å². The van der Waals surface area contributed by atoms with Gasteiger partial charge in [0.25, 0.3) is 0 Å². The number of hydrogen-bond acceptors (Lipinski definition) is 6. The Morgan fingerprint density at radius 1 is 1.23 bits per heavy atom. The van der Waals surface area contributed by atoms with Crippen molar-refractivity contribution in [1.82, 2.24) is 19.6 Å². The molecule has 3 heterocycles. The minimum Gasteiger partial charge on any atom is -0.444 e. The number of likely N-dealkylation sites (N-methyl/N-ethyl adjacent to an activating group) is 1. The summed E-state index contributed by atoms with van der Waals surface area (Å²) in [5.41, 5.74) is 0.112. The highest BCUT2D eigenvalue weighted by atomic mass is 32.1. The van der Waals surface area contributed by atoms with Gasteiger partial charge in [-0.25, -0.2) is 4.79 Å². The van der Waals surface area contributed by atoms with E-state index in [1.54, 1.807) is 83.0 Å². The maximum atomic E-state index is 14.0. The lowest BCUT2D eigenvalue weighted by Gasteiger charge is -2.33. The molecule has 0 spiro atoms. The third kappa shape index (κ3) is 7.10. The van der Waals surface area contributed by atoms with Gasteiger partial charge in [0.2, 0.25) is 5.91 Å². The van der Waals surface area contributed by atoms with Gasteiger partial charge in [-0.1, -0.05) is 30.3 Å². The van der Waals surface area contributed by atoms with Gasteiger partial charge in [-0.3, -0.25) is 9.48 Å². The summed E-state index contributed by atoms with van der Waals surface area (Å²) in [5.74, 6) is -0.803. The molecule has 2 amide bonds. The van der Waals surface area contributed by atoms with Gasteiger partial charge in [-0.2, -0.15) is 23.5 Å². The molecule has 4 rings (SSSR count). The molecule has 0 saturated heterocycles. The Morgan fingerprint density at radius 3 is 2.56 bits per heavy atom. The number of nitrogens with zero attached hydrogens (tertiary/aromatic N) is 5. The second kappa shape index (κ2) is 12.2. The standard InChI is InChI=1S/C31H34F3N5O3S/c1-7-39-17-25(28(36-39)31(32,33)34)22-11-9-8-10-21(22)24-16-38(18-26-23(24)14-20(15-35)43-26)27(40)13-12-19(2)37(6)29(41)42-30(3,4)5/h8-14,17,19,24H,7,16,18H2,1-6H3/b13-12+/t19?,24-/m0/s1. The van der Waals surface area contributed by atoms with Crippen molar-refractivity contribution in [3.05, 3.63) is 75.3 Å². The third-order valence-electron chi connectivity index (χ3n) is 7.17. The average molecular weight is 614 g/mol. The molecule has 1 aliphatic heterocycles. The van der Waals surface area contributed by atoms with Gasteiger partial charge in [0.05, 0.1) is 12.6 Å². The number of carbonyl (C=O) groups is 2. The molecule has 0 N–H and O–H groups in total. The lowest BCUT2D eigenvalue weighted by atomic mass is 9.83.